The van der Waals surface area contributed by atoms with E-state index in [0.717, 1.165) is 6.42 Å². The molecule has 0 radical (unpaired) electrons. The van der Waals surface area contributed by atoms with Gasteiger partial charge in [-0.25, -0.2) is 0 Å². The van der Waals surface area contributed by atoms with Crippen LogP contribution in [0.25, 0.3) is 0 Å². The molecule has 0 bridgehead atoms. The van der Waals surface area contributed by atoms with Gasteiger partial charge in [0.05, 0.1) is 0 Å². The Morgan fingerprint density at radius 3 is 2.67 bits per heavy atom. The first-order valence-electron chi connectivity index (χ1n) is 3.11. The third kappa shape index (κ3) is 3.21. The van der Waals surface area contributed by atoms with Crippen molar-refractivity contribution < 1.29 is 9.90 Å². The minimum atomic E-state index is -0.982. The molecule has 0 rings (SSSR count). The van der Waals surface area contributed by atoms with Crippen molar-refractivity contribution in [1.82, 2.24) is 0 Å². The Hall–Kier alpha value is -0.410. The summed E-state index contributed by atoms with van der Waals surface area (Å²) in [5, 5.41) is 8.76. The van der Waals surface area contributed by atoms with Gasteiger partial charge in [0, 0.05) is 6.04 Å². The third-order valence-corrected chi connectivity index (χ3v) is 1.20. The highest BCUT2D eigenvalue weighted by Crippen LogP contribution is 1.96. The van der Waals surface area contributed by atoms with Gasteiger partial charge in [-0.1, -0.05) is 13.3 Å². The van der Waals surface area contributed by atoms with Gasteiger partial charge < -0.3 is 15.6 Å². The van der Waals surface area contributed by atoms with Crippen LogP contribution in [0.5, 0.6) is 0 Å². The molecule has 0 amide bonds. The van der Waals surface area contributed by atoms with E-state index >= 15 is 0 Å². The first kappa shape index (κ1) is 8.59. The molecule has 1 unspecified atom stereocenters. The molecular weight excluding hydrogens is 118 g/mol. The predicted octanol–water partition coefficient (Wildman–Crippen LogP) is -0.326. The fourth-order valence-electron chi connectivity index (χ4n) is 0.605. The maximum atomic E-state index is 9.89. The predicted molar refractivity (Wildman–Crippen MR) is 35.0 cm³/mol. The van der Waals surface area contributed by atoms with Gasteiger partial charge in [-0.2, -0.15) is 0 Å². The summed E-state index contributed by atoms with van der Waals surface area (Å²) in [5.74, 6) is 0. The average molecular weight is 131 g/mol. The SMILES string of the molecule is CCC[C@H](N)C(O)C=O. The van der Waals surface area contributed by atoms with Gasteiger partial charge in [0.2, 0.25) is 0 Å². The topological polar surface area (TPSA) is 63.3 Å². The summed E-state index contributed by atoms with van der Waals surface area (Å²) in [6, 6.07) is -0.382. The fourth-order valence-corrected chi connectivity index (χ4v) is 0.605. The number of aliphatic hydroxyl groups excluding tert-OH is 1. The molecule has 0 aliphatic rings. The van der Waals surface area contributed by atoms with Crippen molar-refractivity contribution in [3.8, 4) is 0 Å². The fraction of sp³-hybridized carbons (Fsp3) is 0.833. The lowest BCUT2D eigenvalue weighted by atomic mass is 10.1. The van der Waals surface area contributed by atoms with Crippen LogP contribution in [0.15, 0.2) is 0 Å². The van der Waals surface area contributed by atoms with Gasteiger partial charge in [-0.3, -0.25) is 0 Å². The van der Waals surface area contributed by atoms with Crippen LogP contribution in [0.2, 0.25) is 0 Å². The normalized spacial score (nSPS) is 16.8. The summed E-state index contributed by atoms with van der Waals surface area (Å²) in [6.07, 6.45) is 1.08. The molecule has 0 aromatic carbocycles. The first-order valence-corrected chi connectivity index (χ1v) is 3.11. The Morgan fingerprint density at radius 2 is 2.33 bits per heavy atom. The van der Waals surface area contributed by atoms with Crippen LogP contribution < -0.4 is 5.73 Å². The molecule has 3 nitrogen and oxygen atoms in total. The first-order chi connectivity index (χ1) is 4.22. The number of nitrogens with two attached hydrogens (primary N) is 1. The van der Waals surface area contributed by atoms with Crippen molar-refractivity contribution in [2.75, 3.05) is 0 Å². The van der Waals surface area contributed by atoms with Crippen molar-refractivity contribution >= 4 is 6.29 Å². The van der Waals surface area contributed by atoms with Crippen molar-refractivity contribution in [3.63, 3.8) is 0 Å². The van der Waals surface area contributed by atoms with Crippen molar-refractivity contribution in [3.05, 3.63) is 0 Å². The monoisotopic (exact) mass is 131 g/mol. The molecule has 54 valence electrons. The van der Waals surface area contributed by atoms with E-state index in [1.54, 1.807) is 0 Å². The van der Waals surface area contributed by atoms with Crippen LogP contribution in [-0.2, 0) is 4.79 Å². The smallest absolute Gasteiger partial charge is 0.150 e. The summed E-state index contributed by atoms with van der Waals surface area (Å²) in [6.45, 7) is 1.96. The lowest BCUT2D eigenvalue weighted by Gasteiger charge is -2.10. The quantitative estimate of drug-likeness (QED) is 0.514. The highest BCUT2D eigenvalue weighted by Gasteiger charge is 2.10. The van der Waals surface area contributed by atoms with Gasteiger partial charge in [0.1, 0.15) is 12.4 Å². The minimum Gasteiger partial charge on any atom is -0.384 e. The van der Waals surface area contributed by atoms with Crippen LogP contribution in [0.3, 0.4) is 0 Å². The average Bonchev–Trinajstić information content (AvgIpc) is 1.87. The number of aldehydes is 1. The van der Waals surface area contributed by atoms with Crippen LogP contribution in [0, 0.1) is 0 Å². The van der Waals surface area contributed by atoms with Crippen LogP contribution in [-0.4, -0.2) is 23.5 Å². The number of hydrogen-bond donors (Lipinski definition) is 2. The van der Waals surface area contributed by atoms with E-state index in [0.29, 0.717) is 12.7 Å². The van der Waals surface area contributed by atoms with E-state index in [9.17, 15) is 4.79 Å². The lowest BCUT2D eigenvalue weighted by Crippen LogP contribution is -2.35. The highest BCUT2D eigenvalue weighted by atomic mass is 16.3. The van der Waals surface area contributed by atoms with E-state index in [-0.39, 0.29) is 6.04 Å². The van der Waals surface area contributed by atoms with E-state index in [2.05, 4.69) is 0 Å². The van der Waals surface area contributed by atoms with Crippen molar-refractivity contribution in [1.29, 1.82) is 0 Å². The van der Waals surface area contributed by atoms with E-state index in [1.807, 2.05) is 6.92 Å². The second-order valence-corrected chi connectivity index (χ2v) is 2.08. The number of aliphatic hydroxyl groups is 1. The van der Waals surface area contributed by atoms with E-state index < -0.39 is 6.10 Å². The molecule has 9 heavy (non-hydrogen) atoms. The summed E-state index contributed by atoms with van der Waals surface area (Å²) in [4.78, 5) is 9.89. The third-order valence-electron chi connectivity index (χ3n) is 1.20. The van der Waals surface area contributed by atoms with Gasteiger partial charge in [-0.15, -0.1) is 0 Å². The van der Waals surface area contributed by atoms with Gasteiger partial charge in [0.25, 0.3) is 0 Å². The van der Waals surface area contributed by atoms with Gasteiger partial charge in [0.15, 0.2) is 0 Å². The summed E-state index contributed by atoms with van der Waals surface area (Å²) in [7, 11) is 0. The lowest BCUT2D eigenvalue weighted by molar-refractivity contribution is -0.115. The molecule has 0 aromatic heterocycles. The second-order valence-electron chi connectivity index (χ2n) is 2.08. The Balaban J connectivity index is 3.44. The maximum absolute atomic E-state index is 9.89. The van der Waals surface area contributed by atoms with Gasteiger partial charge in [-0.05, 0) is 6.42 Å². The Labute approximate surface area is 54.9 Å². The Morgan fingerprint density at radius 1 is 1.78 bits per heavy atom. The van der Waals surface area contributed by atoms with Gasteiger partial charge >= 0.3 is 0 Å². The number of hydrogen-bond acceptors (Lipinski definition) is 3. The molecule has 2 atom stereocenters. The van der Waals surface area contributed by atoms with Crippen LogP contribution in [0.4, 0.5) is 0 Å². The Bertz CT molecular complexity index is 85.1. The van der Waals surface area contributed by atoms with E-state index in [4.69, 9.17) is 10.8 Å². The summed E-state index contributed by atoms with van der Waals surface area (Å²) < 4.78 is 0. The standard InChI is InChI=1S/C6H13NO2/c1-2-3-5(7)6(9)4-8/h4-6,9H,2-3,7H2,1H3/t5-,6?/m0/s1. The number of rotatable bonds is 4. The molecule has 0 heterocycles. The molecule has 0 aliphatic heterocycles. The molecule has 0 aromatic rings. The zero-order valence-electron chi connectivity index (χ0n) is 5.58. The van der Waals surface area contributed by atoms with Crippen molar-refractivity contribution in [2.45, 2.75) is 31.9 Å². The number of carbonyl (C=O) groups is 1. The molecule has 3 N–H and O–H groups in total. The largest absolute Gasteiger partial charge is 0.384 e. The molecule has 0 aliphatic carbocycles. The zero-order valence-corrected chi connectivity index (χ0v) is 5.58. The maximum Gasteiger partial charge on any atom is 0.150 e. The van der Waals surface area contributed by atoms with E-state index in [1.165, 1.54) is 0 Å². The molecule has 0 saturated carbocycles. The zero-order chi connectivity index (χ0) is 7.28. The second kappa shape index (κ2) is 4.47. The van der Waals surface area contributed by atoms with Crippen molar-refractivity contribution in [2.24, 2.45) is 5.73 Å². The molecule has 0 saturated heterocycles. The molecule has 0 fully saturated rings. The van der Waals surface area contributed by atoms with Crippen LogP contribution >= 0.6 is 0 Å². The highest BCUT2D eigenvalue weighted by molar-refractivity contribution is 5.56. The molecule has 0 spiro atoms. The molecule has 3 heteroatoms. The van der Waals surface area contributed by atoms with Crippen LogP contribution in [0.1, 0.15) is 19.8 Å². The number of carbonyl (C=O) groups excluding carboxylic acids is 1. The minimum absolute atomic E-state index is 0.382. The molecular formula is C6H13NO2. The summed E-state index contributed by atoms with van der Waals surface area (Å²) in [5.41, 5.74) is 5.36. The summed E-state index contributed by atoms with van der Waals surface area (Å²) >= 11 is 0. The Kier molecular flexibility index (Phi) is 4.26.